The molecule has 0 saturated carbocycles. The maximum Gasteiger partial charge on any atom is 0.321 e. The third-order valence-electron chi connectivity index (χ3n) is 3.16. The lowest BCUT2D eigenvalue weighted by Gasteiger charge is -2.12. The smallest absolute Gasteiger partial charge is 0.321 e. The summed E-state index contributed by atoms with van der Waals surface area (Å²) in [6, 6.07) is 6.53. The van der Waals surface area contributed by atoms with Gasteiger partial charge in [-0.1, -0.05) is 6.07 Å². The van der Waals surface area contributed by atoms with Crippen LogP contribution in [-0.4, -0.2) is 34.8 Å². The molecule has 1 atom stereocenters. The Morgan fingerprint density at radius 3 is 2.70 bits per heavy atom. The van der Waals surface area contributed by atoms with E-state index in [1.807, 2.05) is 6.92 Å². The van der Waals surface area contributed by atoms with Gasteiger partial charge in [0, 0.05) is 18.8 Å². The third-order valence-corrected chi connectivity index (χ3v) is 3.16. The Labute approximate surface area is 132 Å². The molecule has 3 amide bonds. The summed E-state index contributed by atoms with van der Waals surface area (Å²) >= 11 is 0. The SMILES string of the molecule is CNC(=O)NC(=O)[C@@H](C)Nc1cc(C)n(-c2cccc(F)c2)n1. The maximum absolute atomic E-state index is 13.3. The van der Waals surface area contributed by atoms with E-state index in [2.05, 4.69) is 21.0 Å². The van der Waals surface area contributed by atoms with Crippen molar-refractivity contribution in [1.82, 2.24) is 20.4 Å². The fraction of sp³-hybridized carbons (Fsp3) is 0.267. The van der Waals surface area contributed by atoms with E-state index < -0.39 is 18.0 Å². The molecule has 1 heterocycles. The average molecular weight is 319 g/mol. The maximum atomic E-state index is 13.3. The number of urea groups is 1. The number of nitrogens with one attached hydrogen (secondary N) is 3. The highest BCUT2D eigenvalue weighted by Crippen LogP contribution is 2.16. The van der Waals surface area contributed by atoms with E-state index in [1.165, 1.54) is 19.2 Å². The van der Waals surface area contributed by atoms with Gasteiger partial charge in [-0.25, -0.2) is 13.9 Å². The van der Waals surface area contributed by atoms with Crippen LogP contribution in [0.5, 0.6) is 0 Å². The van der Waals surface area contributed by atoms with Gasteiger partial charge >= 0.3 is 6.03 Å². The van der Waals surface area contributed by atoms with Gasteiger partial charge in [-0.05, 0) is 32.0 Å². The minimum atomic E-state index is -0.664. The second-order valence-electron chi connectivity index (χ2n) is 5.00. The van der Waals surface area contributed by atoms with Crippen molar-refractivity contribution >= 4 is 17.8 Å². The van der Waals surface area contributed by atoms with Crippen LogP contribution in [0.15, 0.2) is 30.3 Å². The van der Waals surface area contributed by atoms with Crippen LogP contribution in [0, 0.1) is 12.7 Å². The zero-order valence-electron chi connectivity index (χ0n) is 13.1. The first-order valence-electron chi connectivity index (χ1n) is 7.02. The zero-order valence-corrected chi connectivity index (χ0v) is 13.1. The van der Waals surface area contributed by atoms with Gasteiger partial charge < -0.3 is 10.6 Å². The molecule has 2 rings (SSSR count). The first-order chi connectivity index (χ1) is 10.9. The highest BCUT2D eigenvalue weighted by molar-refractivity contribution is 5.97. The number of imide groups is 1. The minimum Gasteiger partial charge on any atom is -0.357 e. The van der Waals surface area contributed by atoms with E-state index in [9.17, 15) is 14.0 Å². The van der Waals surface area contributed by atoms with Crippen LogP contribution in [0.4, 0.5) is 15.0 Å². The van der Waals surface area contributed by atoms with E-state index in [0.29, 0.717) is 11.5 Å². The summed E-state index contributed by atoms with van der Waals surface area (Å²) in [4.78, 5) is 22.9. The molecule has 1 aromatic carbocycles. The van der Waals surface area contributed by atoms with E-state index in [4.69, 9.17) is 0 Å². The molecule has 0 aliphatic carbocycles. The Bertz CT molecular complexity index is 728. The highest BCUT2D eigenvalue weighted by Gasteiger charge is 2.17. The number of carbonyl (C=O) groups is 2. The summed E-state index contributed by atoms with van der Waals surface area (Å²) in [5.41, 5.74) is 1.36. The van der Waals surface area contributed by atoms with Gasteiger partial charge in [0.05, 0.1) is 5.69 Å². The Kier molecular flexibility index (Phi) is 4.95. The monoisotopic (exact) mass is 319 g/mol. The number of aryl methyl sites for hydroxylation is 1. The number of amides is 3. The molecule has 0 saturated heterocycles. The lowest BCUT2D eigenvalue weighted by atomic mass is 10.3. The molecule has 0 unspecified atom stereocenters. The summed E-state index contributed by atoms with van der Waals surface area (Å²) in [5, 5.41) is 11.7. The van der Waals surface area contributed by atoms with Gasteiger partial charge in [-0.3, -0.25) is 10.1 Å². The van der Waals surface area contributed by atoms with Crippen molar-refractivity contribution in [2.24, 2.45) is 0 Å². The lowest BCUT2D eigenvalue weighted by molar-refractivity contribution is -0.120. The average Bonchev–Trinajstić information content (AvgIpc) is 2.87. The standard InChI is InChI=1S/C15H18FN5O2/c1-9-7-13(18-10(2)14(22)19-15(23)17-3)20-21(9)12-6-4-5-11(16)8-12/h4-8,10H,1-3H3,(H,18,20)(H2,17,19,22,23)/t10-/m1/s1. The predicted molar refractivity (Wildman–Crippen MR) is 83.9 cm³/mol. The molecule has 0 fully saturated rings. The van der Waals surface area contributed by atoms with Gasteiger partial charge in [-0.15, -0.1) is 0 Å². The van der Waals surface area contributed by atoms with Crippen LogP contribution < -0.4 is 16.0 Å². The fourth-order valence-electron chi connectivity index (χ4n) is 1.98. The van der Waals surface area contributed by atoms with Crippen LogP contribution in [0.25, 0.3) is 5.69 Å². The molecule has 0 bridgehead atoms. The lowest BCUT2D eigenvalue weighted by Crippen LogP contribution is -2.44. The molecule has 122 valence electrons. The van der Waals surface area contributed by atoms with Crippen molar-refractivity contribution in [2.75, 3.05) is 12.4 Å². The quantitative estimate of drug-likeness (QED) is 0.798. The summed E-state index contributed by atoms with van der Waals surface area (Å²) < 4.78 is 14.9. The summed E-state index contributed by atoms with van der Waals surface area (Å²) in [5.74, 6) is -0.390. The van der Waals surface area contributed by atoms with Crippen molar-refractivity contribution in [3.63, 3.8) is 0 Å². The number of hydrogen-bond acceptors (Lipinski definition) is 4. The molecule has 2 aromatic rings. The van der Waals surface area contributed by atoms with Crippen molar-refractivity contribution < 1.29 is 14.0 Å². The number of halogens is 1. The van der Waals surface area contributed by atoms with Gasteiger partial charge in [0.2, 0.25) is 5.91 Å². The Morgan fingerprint density at radius 2 is 2.04 bits per heavy atom. The van der Waals surface area contributed by atoms with E-state index in [-0.39, 0.29) is 5.82 Å². The summed E-state index contributed by atoms with van der Waals surface area (Å²) in [6.07, 6.45) is 0. The Morgan fingerprint density at radius 1 is 1.30 bits per heavy atom. The number of rotatable bonds is 4. The largest absolute Gasteiger partial charge is 0.357 e. The molecule has 0 radical (unpaired) electrons. The molecule has 8 heteroatoms. The normalized spacial score (nSPS) is 11.7. The number of aromatic nitrogens is 2. The fourth-order valence-corrected chi connectivity index (χ4v) is 1.98. The molecule has 23 heavy (non-hydrogen) atoms. The highest BCUT2D eigenvalue weighted by atomic mass is 19.1. The number of carbonyl (C=O) groups excluding carboxylic acids is 2. The Hall–Kier alpha value is -2.90. The van der Waals surface area contributed by atoms with Gasteiger partial charge in [0.15, 0.2) is 0 Å². The molecule has 7 nitrogen and oxygen atoms in total. The van der Waals surface area contributed by atoms with Gasteiger partial charge in [-0.2, -0.15) is 5.10 Å². The van der Waals surface area contributed by atoms with Crippen molar-refractivity contribution in [3.05, 3.63) is 41.8 Å². The van der Waals surface area contributed by atoms with Crippen LogP contribution in [0.3, 0.4) is 0 Å². The third kappa shape index (κ3) is 4.06. The molecule has 3 N–H and O–H groups in total. The number of nitrogens with zero attached hydrogens (tertiary/aromatic N) is 2. The molecule has 0 aliphatic heterocycles. The van der Waals surface area contributed by atoms with Crippen molar-refractivity contribution in [3.8, 4) is 5.69 Å². The molecule has 0 spiro atoms. The zero-order chi connectivity index (χ0) is 17.0. The van der Waals surface area contributed by atoms with Crippen LogP contribution >= 0.6 is 0 Å². The first-order valence-corrected chi connectivity index (χ1v) is 7.02. The topological polar surface area (TPSA) is 88.0 Å². The molecule has 0 aliphatic rings. The van der Waals surface area contributed by atoms with Crippen LogP contribution in [0.1, 0.15) is 12.6 Å². The summed E-state index contributed by atoms with van der Waals surface area (Å²) in [6.45, 7) is 3.42. The molecular formula is C15H18FN5O2. The number of hydrogen-bond donors (Lipinski definition) is 3. The van der Waals surface area contributed by atoms with Gasteiger partial charge in [0.25, 0.3) is 0 Å². The minimum absolute atomic E-state index is 0.356. The number of benzene rings is 1. The summed E-state index contributed by atoms with van der Waals surface area (Å²) in [7, 11) is 1.42. The van der Waals surface area contributed by atoms with Crippen molar-refractivity contribution in [2.45, 2.75) is 19.9 Å². The Balaban J connectivity index is 2.12. The van der Waals surface area contributed by atoms with E-state index in [1.54, 1.807) is 29.8 Å². The molecular weight excluding hydrogens is 301 g/mol. The second-order valence-corrected chi connectivity index (χ2v) is 5.00. The number of anilines is 1. The van der Waals surface area contributed by atoms with Crippen LogP contribution in [0.2, 0.25) is 0 Å². The van der Waals surface area contributed by atoms with Gasteiger partial charge in [0.1, 0.15) is 17.7 Å². The first kappa shape index (κ1) is 16.5. The van der Waals surface area contributed by atoms with Crippen LogP contribution in [-0.2, 0) is 4.79 Å². The molecule has 1 aromatic heterocycles. The van der Waals surface area contributed by atoms with E-state index >= 15 is 0 Å². The van der Waals surface area contributed by atoms with Crippen molar-refractivity contribution in [1.29, 1.82) is 0 Å². The van der Waals surface area contributed by atoms with E-state index in [0.717, 1.165) is 5.69 Å². The second kappa shape index (κ2) is 6.91. The predicted octanol–water partition coefficient (Wildman–Crippen LogP) is 1.58.